The first-order valence-electron chi connectivity index (χ1n) is 11.9. The van der Waals surface area contributed by atoms with E-state index in [4.69, 9.17) is 9.15 Å². The number of benzene rings is 2. The van der Waals surface area contributed by atoms with Gasteiger partial charge in [0.1, 0.15) is 11.3 Å². The van der Waals surface area contributed by atoms with Crippen molar-refractivity contribution in [3.63, 3.8) is 0 Å². The molecule has 2 aromatic carbocycles. The summed E-state index contributed by atoms with van der Waals surface area (Å²) >= 11 is 0. The highest BCUT2D eigenvalue weighted by Gasteiger charge is 2.38. The number of rotatable bonds is 5. The molecule has 1 atom stereocenters. The van der Waals surface area contributed by atoms with Gasteiger partial charge in [-0.15, -0.1) is 0 Å². The number of hydrogen-bond donors (Lipinski definition) is 0. The van der Waals surface area contributed by atoms with Gasteiger partial charge in [0, 0.05) is 62.8 Å². The average molecular weight is 476 g/mol. The predicted molar refractivity (Wildman–Crippen MR) is 133 cm³/mol. The number of anilines is 1. The molecule has 8 heteroatoms. The molecule has 3 aromatic rings. The molecule has 0 radical (unpaired) electrons. The fraction of sp³-hybridized carbons (Fsp3) is 0.370. The van der Waals surface area contributed by atoms with Crippen molar-refractivity contribution in [3.8, 4) is 5.75 Å². The van der Waals surface area contributed by atoms with E-state index >= 15 is 0 Å². The molecule has 5 rings (SSSR count). The van der Waals surface area contributed by atoms with Gasteiger partial charge in [-0.3, -0.25) is 14.5 Å². The monoisotopic (exact) mass is 475 g/mol. The van der Waals surface area contributed by atoms with Crippen molar-refractivity contribution in [2.24, 2.45) is 5.92 Å². The fourth-order valence-corrected chi connectivity index (χ4v) is 4.98. The zero-order valence-electron chi connectivity index (χ0n) is 20.0. The zero-order valence-corrected chi connectivity index (χ0v) is 20.0. The molecular formula is C27H29N3O5. The molecule has 0 N–H and O–H groups in total. The Bertz CT molecular complexity index is 1310. The minimum absolute atomic E-state index is 0.0304. The highest BCUT2D eigenvalue weighted by molar-refractivity contribution is 6.00. The fourth-order valence-electron chi connectivity index (χ4n) is 4.98. The molecule has 2 amide bonds. The summed E-state index contributed by atoms with van der Waals surface area (Å²) in [5.41, 5.74) is 3.02. The van der Waals surface area contributed by atoms with Crippen molar-refractivity contribution in [2.45, 2.75) is 19.9 Å². The third-order valence-corrected chi connectivity index (χ3v) is 6.92. The van der Waals surface area contributed by atoms with E-state index < -0.39 is 0 Å². The molecule has 0 saturated carbocycles. The Morgan fingerprint density at radius 2 is 1.77 bits per heavy atom. The number of carbonyl (C=O) groups is 2. The topological polar surface area (TPSA) is 83.3 Å². The first kappa shape index (κ1) is 23.1. The maximum atomic E-state index is 13.2. The Kier molecular flexibility index (Phi) is 6.30. The highest BCUT2D eigenvalue weighted by atomic mass is 16.5. The largest absolute Gasteiger partial charge is 0.497 e. The van der Waals surface area contributed by atoms with Crippen molar-refractivity contribution in [1.29, 1.82) is 0 Å². The molecule has 2 fully saturated rings. The molecule has 182 valence electrons. The maximum absolute atomic E-state index is 13.2. The van der Waals surface area contributed by atoms with E-state index in [1.165, 1.54) is 0 Å². The number of nitrogens with zero attached hydrogens (tertiary/aromatic N) is 3. The summed E-state index contributed by atoms with van der Waals surface area (Å²) in [6.07, 6.45) is 0.232. The smallest absolute Gasteiger partial charge is 0.336 e. The van der Waals surface area contributed by atoms with Crippen LogP contribution in [-0.4, -0.2) is 61.4 Å². The number of ether oxygens (including phenoxy) is 1. The normalized spacial score (nSPS) is 18.9. The van der Waals surface area contributed by atoms with Gasteiger partial charge in [0.05, 0.1) is 13.0 Å². The Hall–Kier alpha value is -3.65. The van der Waals surface area contributed by atoms with Gasteiger partial charge < -0.3 is 19.0 Å². The van der Waals surface area contributed by atoms with Crippen LogP contribution in [0.2, 0.25) is 0 Å². The second-order valence-electron chi connectivity index (χ2n) is 9.30. The summed E-state index contributed by atoms with van der Waals surface area (Å²) in [5, 5.41) is 0.941. The van der Waals surface area contributed by atoms with Gasteiger partial charge in [0.2, 0.25) is 11.8 Å². The zero-order chi connectivity index (χ0) is 24.5. The lowest BCUT2D eigenvalue weighted by Crippen LogP contribution is -2.50. The van der Waals surface area contributed by atoms with Gasteiger partial charge in [-0.05, 0) is 48.4 Å². The summed E-state index contributed by atoms with van der Waals surface area (Å²) in [4.78, 5) is 43.7. The first-order chi connectivity index (χ1) is 16.9. The van der Waals surface area contributed by atoms with E-state index in [1.807, 2.05) is 54.3 Å². The summed E-state index contributed by atoms with van der Waals surface area (Å²) < 4.78 is 10.6. The van der Waals surface area contributed by atoms with Crippen molar-refractivity contribution >= 4 is 28.5 Å². The number of piperazine rings is 1. The lowest BCUT2D eigenvalue weighted by molar-refractivity contribution is -0.137. The second kappa shape index (κ2) is 9.54. The molecular weight excluding hydrogens is 446 g/mol. The van der Waals surface area contributed by atoms with Crippen LogP contribution in [0.3, 0.4) is 0 Å². The molecule has 0 aliphatic carbocycles. The number of carbonyl (C=O) groups excluding carboxylic acids is 2. The first-order valence-corrected chi connectivity index (χ1v) is 11.9. The average Bonchev–Trinajstić information content (AvgIpc) is 3.25. The number of amides is 2. The predicted octanol–water partition coefficient (Wildman–Crippen LogP) is 2.81. The van der Waals surface area contributed by atoms with Gasteiger partial charge in [-0.1, -0.05) is 12.1 Å². The summed E-state index contributed by atoms with van der Waals surface area (Å²) in [7, 11) is 1.60. The minimum Gasteiger partial charge on any atom is -0.497 e. The molecule has 1 unspecified atom stereocenters. The van der Waals surface area contributed by atoms with E-state index in [2.05, 4.69) is 4.90 Å². The number of fused-ring (bicyclic) bond motifs is 1. The Morgan fingerprint density at radius 3 is 2.49 bits per heavy atom. The van der Waals surface area contributed by atoms with Crippen LogP contribution < -0.4 is 15.3 Å². The van der Waals surface area contributed by atoms with Crippen LogP contribution in [-0.2, 0) is 16.1 Å². The molecule has 3 heterocycles. The Morgan fingerprint density at radius 1 is 1.03 bits per heavy atom. The van der Waals surface area contributed by atoms with Crippen molar-refractivity contribution in [3.05, 3.63) is 70.1 Å². The van der Waals surface area contributed by atoms with Gasteiger partial charge in [-0.2, -0.15) is 0 Å². The van der Waals surface area contributed by atoms with Crippen molar-refractivity contribution in [2.75, 3.05) is 44.7 Å². The van der Waals surface area contributed by atoms with E-state index in [-0.39, 0.29) is 29.8 Å². The van der Waals surface area contributed by atoms with Crippen LogP contribution in [0.4, 0.5) is 5.69 Å². The molecule has 0 bridgehead atoms. The third-order valence-electron chi connectivity index (χ3n) is 6.92. The number of hydrogen-bond acceptors (Lipinski definition) is 6. The summed E-state index contributed by atoms with van der Waals surface area (Å²) in [5.74, 6) is 0.403. The van der Waals surface area contributed by atoms with Crippen molar-refractivity contribution < 1.29 is 18.7 Å². The molecule has 0 spiro atoms. The Balaban J connectivity index is 1.20. The van der Waals surface area contributed by atoms with E-state index in [0.717, 1.165) is 28.0 Å². The molecule has 2 aliphatic rings. The van der Waals surface area contributed by atoms with Crippen LogP contribution in [0, 0.1) is 12.8 Å². The van der Waals surface area contributed by atoms with Gasteiger partial charge in [0.25, 0.3) is 0 Å². The Labute approximate surface area is 203 Å². The van der Waals surface area contributed by atoms with E-state index in [9.17, 15) is 14.4 Å². The van der Waals surface area contributed by atoms with E-state index in [0.29, 0.717) is 44.9 Å². The van der Waals surface area contributed by atoms with Crippen LogP contribution in [0.25, 0.3) is 11.0 Å². The quantitative estimate of drug-likeness (QED) is 0.528. The second-order valence-corrected chi connectivity index (χ2v) is 9.30. The van der Waals surface area contributed by atoms with Crippen LogP contribution >= 0.6 is 0 Å². The number of methoxy groups -OCH3 is 1. The molecule has 35 heavy (non-hydrogen) atoms. The lowest BCUT2D eigenvalue weighted by Gasteiger charge is -2.36. The van der Waals surface area contributed by atoms with Gasteiger partial charge in [0.15, 0.2) is 0 Å². The summed E-state index contributed by atoms with van der Waals surface area (Å²) in [6, 6.07) is 14.8. The van der Waals surface area contributed by atoms with E-state index in [1.54, 1.807) is 18.1 Å². The van der Waals surface area contributed by atoms with Gasteiger partial charge >= 0.3 is 5.63 Å². The van der Waals surface area contributed by atoms with Gasteiger partial charge in [-0.25, -0.2) is 4.79 Å². The standard InChI is InChI=1S/C27H29N3O5/c1-18-3-8-23-19(15-26(32)35-24(23)13-18)16-28-9-11-29(12-10-28)27(33)20-14-25(31)30(17-20)21-4-6-22(34-2)7-5-21/h3-8,13,15,20H,9-12,14,16-17H2,1-2H3. The van der Waals surface area contributed by atoms with Crippen LogP contribution in [0.5, 0.6) is 5.75 Å². The molecule has 8 nitrogen and oxygen atoms in total. The maximum Gasteiger partial charge on any atom is 0.336 e. The highest BCUT2D eigenvalue weighted by Crippen LogP contribution is 2.28. The summed E-state index contributed by atoms with van der Waals surface area (Å²) in [6.45, 7) is 5.62. The van der Waals surface area contributed by atoms with Crippen LogP contribution in [0.15, 0.2) is 57.7 Å². The number of aryl methyl sites for hydroxylation is 1. The SMILES string of the molecule is COc1ccc(N2CC(C(=O)N3CCN(Cc4cc(=O)oc5cc(C)ccc45)CC3)CC2=O)cc1. The molecule has 1 aromatic heterocycles. The minimum atomic E-state index is -0.348. The van der Waals surface area contributed by atoms with Crippen LogP contribution in [0.1, 0.15) is 17.5 Å². The third kappa shape index (κ3) is 4.79. The van der Waals surface area contributed by atoms with Crippen molar-refractivity contribution in [1.82, 2.24) is 9.80 Å². The lowest BCUT2D eigenvalue weighted by atomic mass is 10.1. The molecule has 2 saturated heterocycles. The molecule has 2 aliphatic heterocycles.